The van der Waals surface area contributed by atoms with Crippen molar-refractivity contribution in [3.8, 4) is 0 Å². The van der Waals surface area contributed by atoms with E-state index in [2.05, 4.69) is 4.98 Å². The zero-order valence-electron chi connectivity index (χ0n) is 13.2. The molecule has 1 unspecified atom stereocenters. The van der Waals surface area contributed by atoms with Crippen molar-refractivity contribution >= 4 is 17.3 Å². The maximum absolute atomic E-state index is 14.2. The Labute approximate surface area is 142 Å². The molecule has 1 atom stereocenters. The molecule has 0 amide bonds. The first kappa shape index (κ1) is 15.6. The van der Waals surface area contributed by atoms with E-state index in [4.69, 9.17) is 0 Å². The summed E-state index contributed by atoms with van der Waals surface area (Å²) in [6.45, 7) is 0.684. The van der Waals surface area contributed by atoms with Crippen LogP contribution in [0.2, 0.25) is 0 Å². The largest absolute Gasteiger partial charge is 0.477 e. The summed E-state index contributed by atoms with van der Waals surface area (Å²) in [5, 5.41) is 9.26. The van der Waals surface area contributed by atoms with Crippen molar-refractivity contribution in [2.24, 2.45) is 0 Å². The monoisotopic (exact) mass is 343 g/mol. The van der Waals surface area contributed by atoms with Gasteiger partial charge in [-0.05, 0) is 43.2 Å². The first-order valence-corrected chi connectivity index (χ1v) is 7.96. The fourth-order valence-electron chi connectivity index (χ4n) is 3.47. The number of imidazole rings is 1. The molecule has 1 aliphatic heterocycles. The third-order valence-corrected chi connectivity index (χ3v) is 4.61. The van der Waals surface area contributed by atoms with Crippen molar-refractivity contribution in [2.75, 3.05) is 11.4 Å². The maximum atomic E-state index is 14.2. The van der Waals surface area contributed by atoms with Crippen molar-refractivity contribution in [3.05, 3.63) is 65.6 Å². The van der Waals surface area contributed by atoms with E-state index in [1.165, 1.54) is 16.7 Å². The van der Waals surface area contributed by atoms with Crippen molar-refractivity contribution < 1.29 is 18.7 Å². The van der Waals surface area contributed by atoms with Gasteiger partial charge in [-0.3, -0.25) is 4.40 Å². The van der Waals surface area contributed by atoms with Crippen LogP contribution in [0.25, 0.3) is 5.65 Å². The molecular formula is C18H15F2N3O2. The van der Waals surface area contributed by atoms with Crippen molar-refractivity contribution in [1.82, 2.24) is 9.38 Å². The van der Waals surface area contributed by atoms with Crippen molar-refractivity contribution in [1.29, 1.82) is 0 Å². The van der Waals surface area contributed by atoms with Gasteiger partial charge in [-0.1, -0.05) is 0 Å². The van der Waals surface area contributed by atoms with Crippen molar-refractivity contribution in [2.45, 2.75) is 18.9 Å². The number of halogens is 2. The molecule has 1 aromatic carbocycles. The predicted molar refractivity (Wildman–Crippen MR) is 87.8 cm³/mol. The smallest absolute Gasteiger partial charge is 0.354 e. The SMILES string of the molecule is O=C(O)c1cnc2ccc(N3CCCC3c3cc(F)ccc3F)cn12. The lowest BCUT2D eigenvalue weighted by Crippen LogP contribution is -2.24. The molecule has 1 aliphatic rings. The topological polar surface area (TPSA) is 57.8 Å². The Balaban J connectivity index is 1.77. The Bertz CT molecular complexity index is 970. The number of hydrogen-bond acceptors (Lipinski definition) is 3. The van der Waals surface area contributed by atoms with Crippen LogP contribution < -0.4 is 4.90 Å². The number of anilines is 1. The molecule has 0 aliphatic carbocycles. The van der Waals surface area contributed by atoms with Gasteiger partial charge in [0, 0.05) is 18.3 Å². The molecule has 0 radical (unpaired) electrons. The number of aromatic carboxylic acids is 1. The Morgan fingerprint density at radius 3 is 2.88 bits per heavy atom. The third-order valence-electron chi connectivity index (χ3n) is 4.61. The lowest BCUT2D eigenvalue weighted by atomic mass is 10.0. The minimum Gasteiger partial charge on any atom is -0.477 e. The van der Waals surface area contributed by atoms with E-state index in [0.717, 1.165) is 24.2 Å². The van der Waals surface area contributed by atoms with E-state index in [0.29, 0.717) is 24.2 Å². The minimum absolute atomic E-state index is 0.0598. The number of hydrogen-bond donors (Lipinski definition) is 1. The number of pyridine rings is 1. The number of carbonyl (C=O) groups is 1. The number of nitrogens with zero attached hydrogens (tertiary/aromatic N) is 3. The Morgan fingerprint density at radius 1 is 1.24 bits per heavy atom. The molecule has 0 spiro atoms. The lowest BCUT2D eigenvalue weighted by molar-refractivity contribution is 0.0689. The highest BCUT2D eigenvalue weighted by Gasteiger charge is 2.29. The van der Waals surface area contributed by atoms with Crippen LogP contribution in [0.4, 0.5) is 14.5 Å². The molecule has 7 heteroatoms. The molecule has 128 valence electrons. The van der Waals surface area contributed by atoms with Gasteiger partial charge in [0.2, 0.25) is 0 Å². The normalized spacial score (nSPS) is 17.4. The van der Waals surface area contributed by atoms with E-state index in [1.807, 2.05) is 11.0 Å². The number of benzene rings is 1. The van der Waals surface area contributed by atoms with Gasteiger partial charge in [-0.25, -0.2) is 18.6 Å². The van der Waals surface area contributed by atoms with E-state index >= 15 is 0 Å². The summed E-state index contributed by atoms with van der Waals surface area (Å²) in [4.78, 5) is 17.4. The quantitative estimate of drug-likeness (QED) is 0.789. The highest BCUT2D eigenvalue weighted by molar-refractivity contribution is 5.86. The van der Waals surface area contributed by atoms with E-state index in [1.54, 1.807) is 12.3 Å². The minimum atomic E-state index is -1.07. The van der Waals surface area contributed by atoms with Crippen molar-refractivity contribution in [3.63, 3.8) is 0 Å². The van der Waals surface area contributed by atoms with Crippen LogP contribution in [-0.2, 0) is 0 Å². The fraction of sp³-hybridized carbons (Fsp3) is 0.222. The summed E-state index contributed by atoms with van der Waals surface area (Å²) in [5.74, 6) is -1.98. The average molecular weight is 343 g/mol. The molecule has 25 heavy (non-hydrogen) atoms. The zero-order valence-corrected chi connectivity index (χ0v) is 13.2. The maximum Gasteiger partial charge on any atom is 0.354 e. The lowest BCUT2D eigenvalue weighted by Gasteiger charge is -2.27. The predicted octanol–water partition coefficient (Wildman–Crippen LogP) is 3.65. The number of rotatable bonds is 3. The van der Waals surface area contributed by atoms with Gasteiger partial charge in [0.05, 0.1) is 17.9 Å². The Hall–Kier alpha value is -2.96. The second kappa shape index (κ2) is 5.84. The van der Waals surface area contributed by atoms with Crippen LogP contribution in [0.1, 0.15) is 34.9 Å². The van der Waals surface area contributed by atoms with Gasteiger partial charge < -0.3 is 10.0 Å². The van der Waals surface area contributed by atoms with Gasteiger partial charge >= 0.3 is 5.97 Å². The standard InChI is InChI=1S/C18H15F2N3O2/c19-11-3-5-14(20)13(8-11)15-2-1-7-22(15)12-4-6-17-21-9-16(18(24)25)23(17)10-12/h3-6,8-10,15H,1-2,7H2,(H,24,25). The van der Waals surface area contributed by atoms with Crippen LogP contribution in [0.3, 0.4) is 0 Å². The molecule has 1 saturated heterocycles. The van der Waals surface area contributed by atoms with Crippen LogP contribution in [0.5, 0.6) is 0 Å². The fourth-order valence-corrected chi connectivity index (χ4v) is 3.47. The van der Waals surface area contributed by atoms with E-state index < -0.39 is 17.6 Å². The second-order valence-corrected chi connectivity index (χ2v) is 6.08. The van der Waals surface area contributed by atoms with E-state index in [-0.39, 0.29) is 11.7 Å². The van der Waals surface area contributed by atoms with E-state index in [9.17, 15) is 18.7 Å². The number of aromatic nitrogens is 2. The molecule has 4 rings (SSSR count). The second-order valence-electron chi connectivity index (χ2n) is 6.08. The summed E-state index contributed by atoms with van der Waals surface area (Å²) in [6, 6.07) is 6.74. The zero-order chi connectivity index (χ0) is 17.6. The van der Waals surface area contributed by atoms with Gasteiger partial charge in [0.15, 0.2) is 5.69 Å². The van der Waals surface area contributed by atoms with Crippen LogP contribution in [-0.4, -0.2) is 27.0 Å². The molecule has 5 nitrogen and oxygen atoms in total. The number of carboxylic acids is 1. The van der Waals surface area contributed by atoms with Gasteiger partial charge in [0.1, 0.15) is 17.3 Å². The third kappa shape index (κ3) is 2.61. The first-order chi connectivity index (χ1) is 12.0. The first-order valence-electron chi connectivity index (χ1n) is 7.96. The average Bonchev–Trinajstić information content (AvgIpc) is 3.22. The molecule has 0 bridgehead atoms. The molecule has 3 aromatic rings. The Morgan fingerprint density at radius 2 is 2.08 bits per heavy atom. The highest BCUT2D eigenvalue weighted by atomic mass is 19.1. The van der Waals surface area contributed by atoms with Crippen LogP contribution >= 0.6 is 0 Å². The van der Waals surface area contributed by atoms with Gasteiger partial charge in [-0.15, -0.1) is 0 Å². The number of carboxylic acid groups (broad SMARTS) is 1. The molecule has 2 aromatic heterocycles. The summed E-state index contributed by atoms with van der Waals surface area (Å²) in [7, 11) is 0. The molecule has 3 heterocycles. The molecular weight excluding hydrogens is 328 g/mol. The van der Waals surface area contributed by atoms with Gasteiger partial charge in [-0.2, -0.15) is 0 Å². The van der Waals surface area contributed by atoms with Gasteiger partial charge in [0.25, 0.3) is 0 Å². The molecule has 1 N–H and O–H groups in total. The van der Waals surface area contributed by atoms with Crippen LogP contribution in [0.15, 0.2) is 42.7 Å². The van der Waals surface area contributed by atoms with Crippen LogP contribution in [0, 0.1) is 11.6 Å². The highest BCUT2D eigenvalue weighted by Crippen LogP contribution is 2.37. The number of fused-ring (bicyclic) bond motifs is 1. The summed E-state index contributed by atoms with van der Waals surface area (Å²) >= 11 is 0. The summed E-state index contributed by atoms with van der Waals surface area (Å²) in [6.07, 6.45) is 4.53. The summed E-state index contributed by atoms with van der Waals surface area (Å²) < 4.78 is 29.3. The Kier molecular flexibility index (Phi) is 3.63. The molecule has 1 fully saturated rings. The summed E-state index contributed by atoms with van der Waals surface area (Å²) in [5.41, 5.74) is 1.65. The molecule has 0 saturated carbocycles.